The predicted molar refractivity (Wildman–Crippen MR) is 175 cm³/mol. The van der Waals surface area contributed by atoms with Gasteiger partial charge in [0.2, 0.25) is 5.91 Å². The molecule has 3 heterocycles. The lowest BCUT2D eigenvalue weighted by Gasteiger charge is -2.25. The minimum Gasteiger partial charge on any atom is -0.489 e. The third-order valence-electron chi connectivity index (χ3n) is 8.65. The van der Waals surface area contributed by atoms with Crippen molar-refractivity contribution in [3.63, 3.8) is 0 Å². The van der Waals surface area contributed by atoms with Crippen LogP contribution in [0.2, 0.25) is 5.02 Å². The molecule has 0 unspecified atom stereocenters. The van der Waals surface area contributed by atoms with Gasteiger partial charge < -0.3 is 19.3 Å². The fourth-order valence-corrected chi connectivity index (χ4v) is 7.57. The van der Waals surface area contributed by atoms with E-state index in [-0.39, 0.29) is 5.91 Å². The summed E-state index contributed by atoms with van der Waals surface area (Å²) in [5.74, 6) is 0.833. The molecule has 9 heteroatoms. The molecule has 1 saturated heterocycles. The Bertz CT molecular complexity index is 1840. The van der Waals surface area contributed by atoms with Crippen LogP contribution in [0.1, 0.15) is 66.2 Å². The molecule has 0 radical (unpaired) electrons. The van der Waals surface area contributed by atoms with Crippen LogP contribution >= 0.6 is 22.9 Å². The first-order valence-electron chi connectivity index (χ1n) is 15.1. The third-order valence-corrected chi connectivity index (χ3v) is 10.0. The number of halogens is 1. The van der Waals surface area contributed by atoms with Gasteiger partial charge >= 0.3 is 5.97 Å². The fraction of sp³-hybridized carbons (Fsp3) is 0.286. The highest BCUT2D eigenvalue weighted by molar-refractivity contribution is 7.20. The summed E-state index contributed by atoms with van der Waals surface area (Å²) in [6.45, 7) is 1.06. The number of carboxylic acid groups (broad SMARTS) is 1. The quantitative estimate of drug-likeness (QED) is 0.186. The summed E-state index contributed by atoms with van der Waals surface area (Å²) in [6.07, 6.45) is 7.15. The van der Waals surface area contributed by atoms with Crippen molar-refractivity contribution in [3.8, 4) is 28.3 Å². The van der Waals surface area contributed by atoms with E-state index < -0.39 is 5.97 Å². The first-order valence-corrected chi connectivity index (χ1v) is 16.3. The van der Waals surface area contributed by atoms with Crippen molar-refractivity contribution < 1.29 is 19.4 Å². The van der Waals surface area contributed by atoms with Crippen LogP contribution in [0.4, 0.5) is 5.69 Å². The van der Waals surface area contributed by atoms with Crippen molar-refractivity contribution in [3.05, 3.63) is 88.3 Å². The third kappa shape index (κ3) is 5.60. The van der Waals surface area contributed by atoms with Crippen LogP contribution in [0.3, 0.4) is 0 Å². The molecule has 5 aromatic rings. The molecular weight excluding hydrogens is 594 g/mol. The molecule has 224 valence electrons. The van der Waals surface area contributed by atoms with Gasteiger partial charge in [-0.05, 0) is 90.6 Å². The number of imidazole rings is 1. The normalized spacial score (nSPS) is 15.8. The number of aromatic nitrogens is 2. The molecule has 1 saturated carbocycles. The largest absolute Gasteiger partial charge is 0.489 e. The number of carbonyl (C=O) groups is 2. The van der Waals surface area contributed by atoms with Crippen LogP contribution < -0.4 is 9.64 Å². The van der Waals surface area contributed by atoms with Gasteiger partial charge in [0.05, 0.1) is 0 Å². The van der Waals surface area contributed by atoms with Crippen LogP contribution in [0.15, 0.2) is 72.8 Å². The van der Waals surface area contributed by atoms with Gasteiger partial charge in [-0.2, -0.15) is 0 Å². The summed E-state index contributed by atoms with van der Waals surface area (Å²) in [5.41, 5.74) is 5.64. The topological polar surface area (TPSA) is 84.7 Å². The van der Waals surface area contributed by atoms with Gasteiger partial charge in [-0.25, -0.2) is 9.78 Å². The van der Waals surface area contributed by atoms with Crippen LogP contribution in [0.5, 0.6) is 5.75 Å². The summed E-state index contributed by atoms with van der Waals surface area (Å²) < 4.78 is 8.59. The van der Waals surface area contributed by atoms with Gasteiger partial charge in [0.25, 0.3) is 0 Å². The first kappa shape index (κ1) is 28.6. The van der Waals surface area contributed by atoms with Gasteiger partial charge in [0, 0.05) is 35.3 Å². The average Bonchev–Trinajstić information content (AvgIpc) is 3.76. The zero-order valence-electron chi connectivity index (χ0n) is 24.2. The summed E-state index contributed by atoms with van der Waals surface area (Å²) in [4.78, 5) is 32.1. The maximum atomic E-state index is 12.5. The zero-order chi connectivity index (χ0) is 30.2. The Hall–Kier alpha value is -4.14. The number of hydrogen-bond donors (Lipinski definition) is 1. The minimum atomic E-state index is -0.914. The molecule has 0 spiro atoms. The predicted octanol–water partition coefficient (Wildman–Crippen LogP) is 8.99. The van der Waals surface area contributed by atoms with E-state index in [4.69, 9.17) is 21.3 Å². The number of rotatable bonds is 8. The van der Waals surface area contributed by atoms with Crippen molar-refractivity contribution in [1.29, 1.82) is 0 Å². The Morgan fingerprint density at radius 2 is 1.70 bits per heavy atom. The van der Waals surface area contributed by atoms with Crippen LogP contribution in [-0.4, -0.2) is 33.1 Å². The Balaban J connectivity index is 1.17. The van der Waals surface area contributed by atoms with Gasteiger partial charge in [0.15, 0.2) is 0 Å². The smallest absolute Gasteiger partial charge is 0.346 e. The summed E-state index contributed by atoms with van der Waals surface area (Å²) in [6, 6.07) is 23.8. The van der Waals surface area contributed by atoms with E-state index in [1.807, 2.05) is 59.5 Å². The lowest BCUT2D eigenvalue weighted by molar-refractivity contribution is -0.117. The molecule has 7 rings (SSSR count). The van der Waals surface area contributed by atoms with E-state index in [0.717, 1.165) is 75.7 Å². The first-order chi connectivity index (χ1) is 21.4. The number of anilines is 1. The lowest BCUT2D eigenvalue weighted by Crippen LogP contribution is -2.23. The van der Waals surface area contributed by atoms with Crippen molar-refractivity contribution in [2.75, 3.05) is 11.4 Å². The Kier molecular flexibility index (Phi) is 7.87. The summed E-state index contributed by atoms with van der Waals surface area (Å²) in [7, 11) is 0. The maximum Gasteiger partial charge on any atom is 0.346 e. The van der Waals surface area contributed by atoms with Gasteiger partial charge in [-0.1, -0.05) is 49.1 Å². The molecule has 2 fully saturated rings. The molecule has 0 atom stereocenters. The Morgan fingerprint density at radius 3 is 2.41 bits per heavy atom. The molecule has 1 N–H and O–H groups in total. The van der Waals surface area contributed by atoms with E-state index in [9.17, 15) is 14.7 Å². The molecule has 3 aromatic carbocycles. The Morgan fingerprint density at radius 1 is 0.955 bits per heavy atom. The second kappa shape index (κ2) is 12.1. The molecule has 2 aromatic heterocycles. The molecular formula is C35H32ClN3O4S. The number of fused-ring (bicyclic) bond motifs is 1. The number of hydrogen-bond acceptors (Lipinski definition) is 5. The molecule has 0 bridgehead atoms. The summed E-state index contributed by atoms with van der Waals surface area (Å²) in [5, 5.41) is 10.2. The highest BCUT2D eigenvalue weighted by Gasteiger charge is 2.25. The van der Waals surface area contributed by atoms with Crippen LogP contribution in [-0.2, 0) is 11.4 Å². The van der Waals surface area contributed by atoms with E-state index >= 15 is 0 Å². The van der Waals surface area contributed by atoms with Crippen molar-refractivity contribution in [2.45, 2.75) is 57.6 Å². The second-order valence-corrected chi connectivity index (χ2v) is 13.0. The number of thiophene rings is 1. The fourth-order valence-electron chi connectivity index (χ4n) is 6.44. The van der Waals surface area contributed by atoms with Crippen molar-refractivity contribution >= 4 is 50.8 Å². The number of benzene rings is 3. The average molecular weight is 626 g/mol. The lowest BCUT2D eigenvalue weighted by atomic mass is 9.95. The second-order valence-electron chi connectivity index (χ2n) is 11.5. The van der Waals surface area contributed by atoms with Crippen LogP contribution in [0, 0.1) is 0 Å². The molecule has 1 aliphatic heterocycles. The monoisotopic (exact) mass is 625 g/mol. The molecule has 1 amide bonds. The van der Waals surface area contributed by atoms with E-state index in [1.165, 1.54) is 30.6 Å². The van der Waals surface area contributed by atoms with Crippen molar-refractivity contribution in [2.24, 2.45) is 0 Å². The number of nitrogens with zero attached hydrogens (tertiary/aromatic N) is 3. The highest BCUT2D eigenvalue weighted by Crippen LogP contribution is 2.39. The Labute approximate surface area is 264 Å². The number of carbonyl (C=O) groups excluding carboxylic acids is 1. The molecule has 2 aliphatic rings. The van der Waals surface area contributed by atoms with E-state index in [1.54, 1.807) is 6.07 Å². The molecule has 1 aliphatic carbocycles. The van der Waals surface area contributed by atoms with E-state index in [0.29, 0.717) is 29.0 Å². The number of ether oxygens (including phenoxy) is 1. The number of carboxylic acids is 1. The molecule has 7 nitrogen and oxygen atoms in total. The zero-order valence-corrected chi connectivity index (χ0v) is 25.7. The minimum absolute atomic E-state index is 0.150. The van der Waals surface area contributed by atoms with Gasteiger partial charge in [-0.15, -0.1) is 11.3 Å². The molecule has 44 heavy (non-hydrogen) atoms. The van der Waals surface area contributed by atoms with Crippen LogP contribution in [0.25, 0.3) is 32.9 Å². The standard InChI is InChI=1S/C35H32ClN3O4S/c36-25-12-8-22(9-13-25)29-17-14-27(38-18-4-7-32(38)40)19-24(29)21-43-28-15-10-23(11-16-28)33-37-30-20-31(35(41)42)44-34(30)39(33)26-5-2-1-3-6-26/h8-17,19-20,26H,1-7,18,21H2,(H,41,42). The number of amides is 1. The maximum absolute atomic E-state index is 12.5. The van der Waals surface area contributed by atoms with E-state index in [2.05, 4.69) is 16.7 Å². The van der Waals surface area contributed by atoms with Crippen molar-refractivity contribution in [1.82, 2.24) is 9.55 Å². The van der Waals surface area contributed by atoms with Gasteiger partial charge in [0.1, 0.15) is 33.4 Å². The highest BCUT2D eigenvalue weighted by atomic mass is 35.5. The SMILES string of the molecule is O=C(O)c1cc2nc(-c3ccc(OCc4cc(N5CCCC5=O)ccc4-c4ccc(Cl)cc4)cc3)n(C3CCCCC3)c2s1. The number of aromatic carboxylic acids is 1. The van der Waals surface area contributed by atoms with Gasteiger partial charge in [-0.3, -0.25) is 4.79 Å². The summed E-state index contributed by atoms with van der Waals surface area (Å²) >= 11 is 7.46.